The van der Waals surface area contributed by atoms with E-state index in [4.69, 9.17) is 15.2 Å². The van der Waals surface area contributed by atoms with Crippen molar-refractivity contribution in [1.29, 1.82) is 0 Å². The van der Waals surface area contributed by atoms with Crippen LogP contribution in [0.2, 0.25) is 0 Å². The molecule has 0 aliphatic carbocycles. The molecule has 1 fully saturated rings. The molecule has 0 unspecified atom stereocenters. The van der Waals surface area contributed by atoms with Gasteiger partial charge in [-0.25, -0.2) is 0 Å². The Bertz CT molecular complexity index is 419. The van der Waals surface area contributed by atoms with Gasteiger partial charge in [-0.1, -0.05) is 0 Å². The number of hydrogen-bond acceptors (Lipinski definition) is 5. The predicted molar refractivity (Wildman–Crippen MR) is 71.4 cm³/mol. The topological polar surface area (TPSA) is 47.7 Å². The van der Waals surface area contributed by atoms with Gasteiger partial charge in [-0.2, -0.15) is 11.8 Å². The number of fused-ring (bicyclic) bond motifs is 1. The second kappa shape index (κ2) is 4.56. The Morgan fingerprint density at radius 2 is 1.71 bits per heavy atom. The van der Waals surface area contributed by atoms with Gasteiger partial charge in [-0.05, 0) is 0 Å². The van der Waals surface area contributed by atoms with Crippen molar-refractivity contribution in [3.63, 3.8) is 0 Å². The van der Waals surface area contributed by atoms with Crippen molar-refractivity contribution in [3.05, 3.63) is 12.1 Å². The molecule has 5 heteroatoms. The number of hydrogen-bond donors (Lipinski definition) is 1. The number of anilines is 2. The summed E-state index contributed by atoms with van der Waals surface area (Å²) in [5.41, 5.74) is 7.95. The van der Waals surface area contributed by atoms with E-state index in [9.17, 15) is 0 Å². The summed E-state index contributed by atoms with van der Waals surface area (Å²) >= 11 is 1.99. The standard InChI is InChI=1S/C12H16N2O2S/c13-9-7-11-12(16-4-3-15-11)8-10(9)14-1-5-17-6-2-14/h7-8H,1-6,13H2. The molecular weight excluding hydrogens is 236 g/mol. The highest BCUT2D eigenvalue weighted by Crippen LogP contribution is 2.39. The highest BCUT2D eigenvalue weighted by molar-refractivity contribution is 7.99. The number of nitrogen functional groups attached to an aromatic ring is 1. The van der Waals surface area contributed by atoms with Gasteiger partial charge >= 0.3 is 0 Å². The zero-order valence-electron chi connectivity index (χ0n) is 9.65. The Kier molecular flexibility index (Phi) is 2.93. The second-order valence-corrected chi connectivity index (χ2v) is 5.38. The Balaban J connectivity index is 1.93. The number of rotatable bonds is 1. The predicted octanol–water partition coefficient (Wildman–Crippen LogP) is 1.59. The summed E-state index contributed by atoms with van der Waals surface area (Å²) in [6, 6.07) is 3.89. The molecule has 0 spiro atoms. The average Bonchev–Trinajstić information content (AvgIpc) is 2.39. The normalized spacial score (nSPS) is 19.2. The van der Waals surface area contributed by atoms with Crippen molar-refractivity contribution in [3.8, 4) is 11.5 Å². The number of benzene rings is 1. The Morgan fingerprint density at radius 1 is 1.06 bits per heavy atom. The molecule has 1 aromatic carbocycles. The van der Waals surface area contributed by atoms with E-state index >= 15 is 0 Å². The molecule has 0 saturated carbocycles. The molecule has 92 valence electrons. The van der Waals surface area contributed by atoms with Crippen LogP contribution in [-0.2, 0) is 0 Å². The number of nitrogens with zero attached hydrogens (tertiary/aromatic N) is 1. The summed E-state index contributed by atoms with van der Waals surface area (Å²) in [5.74, 6) is 3.91. The zero-order chi connectivity index (χ0) is 11.7. The first-order chi connectivity index (χ1) is 8.34. The van der Waals surface area contributed by atoms with E-state index < -0.39 is 0 Å². The van der Waals surface area contributed by atoms with Crippen LogP contribution in [0, 0.1) is 0 Å². The summed E-state index contributed by atoms with van der Waals surface area (Å²) in [4.78, 5) is 2.32. The van der Waals surface area contributed by atoms with Crippen LogP contribution in [0.5, 0.6) is 11.5 Å². The maximum absolute atomic E-state index is 6.09. The van der Waals surface area contributed by atoms with E-state index in [0.29, 0.717) is 13.2 Å². The van der Waals surface area contributed by atoms with Crippen molar-refractivity contribution >= 4 is 23.1 Å². The number of nitrogens with two attached hydrogens (primary N) is 1. The van der Waals surface area contributed by atoms with E-state index in [-0.39, 0.29) is 0 Å². The van der Waals surface area contributed by atoms with Gasteiger partial charge in [0.15, 0.2) is 11.5 Å². The van der Waals surface area contributed by atoms with Crippen molar-refractivity contribution in [1.82, 2.24) is 0 Å². The van der Waals surface area contributed by atoms with Crippen LogP contribution in [-0.4, -0.2) is 37.8 Å². The Labute approximate surface area is 105 Å². The third kappa shape index (κ3) is 2.11. The number of thioether (sulfide) groups is 1. The molecule has 0 aromatic heterocycles. The molecular formula is C12H16N2O2S. The molecule has 2 heterocycles. The lowest BCUT2D eigenvalue weighted by Gasteiger charge is -2.30. The molecule has 0 amide bonds. The lowest BCUT2D eigenvalue weighted by Crippen LogP contribution is -2.33. The first-order valence-corrected chi connectivity index (χ1v) is 7.02. The van der Waals surface area contributed by atoms with Crippen molar-refractivity contribution < 1.29 is 9.47 Å². The first-order valence-electron chi connectivity index (χ1n) is 5.86. The lowest BCUT2D eigenvalue weighted by molar-refractivity contribution is 0.172. The average molecular weight is 252 g/mol. The molecule has 0 bridgehead atoms. The van der Waals surface area contributed by atoms with Gasteiger partial charge in [0.1, 0.15) is 13.2 Å². The van der Waals surface area contributed by atoms with E-state index in [2.05, 4.69) is 4.90 Å². The van der Waals surface area contributed by atoms with Gasteiger partial charge in [0.05, 0.1) is 11.4 Å². The lowest BCUT2D eigenvalue weighted by atomic mass is 10.2. The Morgan fingerprint density at radius 3 is 2.41 bits per heavy atom. The third-order valence-corrected chi connectivity index (χ3v) is 3.99. The molecule has 1 aromatic rings. The maximum atomic E-state index is 6.09. The molecule has 2 aliphatic heterocycles. The van der Waals surface area contributed by atoms with Crippen molar-refractivity contribution in [2.45, 2.75) is 0 Å². The van der Waals surface area contributed by atoms with Gasteiger partial charge in [0.25, 0.3) is 0 Å². The zero-order valence-corrected chi connectivity index (χ0v) is 10.5. The Hall–Kier alpha value is -1.23. The maximum Gasteiger partial charge on any atom is 0.163 e. The van der Waals surface area contributed by atoms with Crippen LogP contribution in [0.3, 0.4) is 0 Å². The smallest absolute Gasteiger partial charge is 0.163 e. The van der Waals surface area contributed by atoms with Gasteiger partial charge in [0, 0.05) is 36.7 Å². The number of ether oxygens (including phenoxy) is 2. The van der Waals surface area contributed by atoms with Crippen molar-refractivity contribution in [2.24, 2.45) is 0 Å². The summed E-state index contributed by atoms with van der Waals surface area (Å²) < 4.78 is 11.1. The van der Waals surface area contributed by atoms with Gasteiger partial charge in [-0.3, -0.25) is 0 Å². The molecule has 0 radical (unpaired) electrons. The van der Waals surface area contributed by atoms with Gasteiger partial charge in [0.2, 0.25) is 0 Å². The highest BCUT2D eigenvalue weighted by Gasteiger charge is 2.19. The van der Waals surface area contributed by atoms with E-state index in [1.807, 2.05) is 23.9 Å². The molecule has 3 rings (SSSR count). The largest absolute Gasteiger partial charge is 0.486 e. The third-order valence-electron chi connectivity index (χ3n) is 3.04. The molecule has 1 saturated heterocycles. The van der Waals surface area contributed by atoms with Gasteiger partial charge in [-0.15, -0.1) is 0 Å². The molecule has 2 aliphatic rings. The summed E-state index contributed by atoms with van der Waals surface area (Å²) in [6.45, 7) is 3.32. The second-order valence-electron chi connectivity index (χ2n) is 4.15. The van der Waals surface area contributed by atoms with E-state index in [1.54, 1.807) is 0 Å². The fourth-order valence-electron chi connectivity index (χ4n) is 2.17. The molecule has 2 N–H and O–H groups in total. The molecule has 0 atom stereocenters. The van der Waals surface area contributed by atoms with Gasteiger partial charge < -0.3 is 20.1 Å². The van der Waals surface area contributed by atoms with Crippen LogP contribution >= 0.6 is 11.8 Å². The van der Waals surface area contributed by atoms with Crippen LogP contribution in [0.4, 0.5) is 11.4 Å². The van der Waals surface area contributed by atoms with Crippen LogP contribution in [0.25, 0.3) is 0 Å². The quantitative estimate of drug-likeness (QED) is 0.769. The summed E-state index contributed by atoms with van der Waals surface area (Å²) in [6.07, 6.45) is 0. The van der Waals surface area contributed by atoms with Crippen LogP contribution < -0.4 is 20.1 Å². The summed E-state index contributed by atoms with van der Waals surface area (Å²) in [7, 11) is 0. The minimum Gasteiger partial charge on any atom is -0.486 e. The minimum atomic E-state index is 0.603. The van der Waals surface area contributed by atoms with Crippen LogP contribution in [0.1, 0.15) is 0 Å². The monoisotopic (exact) mass is 252 g/mol. The summed E-state index contributed by atoms with van der Waals surface area (Å²) in [5, 5.41) is 0. The molecule has 4 nitrogen and oxygen atoms in total. The SMILES string of the molecule is Nc1cc2c(cc1N1CCSCC1)OCCO2. The molecule has 17 heavy (non-hydrogen) atoms. The van der Waals surface area contributed by atoms with E-state index in [1.165, 1.54) is 0 Å². The fraction of sp³-hybridized carbons (Fsp3) is 0.500. The van der Waals surface area contributed by atoms with Crippen LogP contribution in [0.15, 0.2) is 12.1 Å². The van der Waals surface area contributed by atoms with Crippen molar-refractivity contribution in [2.75, 3.05) is 48.4 Å². The minimum absolute atomic E-state index is 0.603. The fourth-order valence-corrected chi connectivity index (χ4v) is 3.07. The van der Waals surface area contributed by atoms with E-state index in [0.717, 1.165) is 47.5 Å². The first kappa shape index (κ1) is 10.9. The highest BCUT2D eigenvalue weighted by atomic mass is 32.2.